The molecule has 0 bridgehead atoms. The lowest BCUT2D eigenvalue weighted by Gasteiger charge is -2.34. The lowest BCUT2D eigenvalue weighted by atomic mass is 9.97. The minimum Gasteiger partial charge on any atom is -0.356 e. The van der Waals surface area contributed by atoms with E-state index in [2.05, 4.69) is 34.0 Å². The molecule has 1 aliphatic heterocycles. The summed E-state index contributed by atoms with van der Waals surface area (Å²) in [6.45, 7) is 9.83. The molecular weight excluding hydrogens is 442 g/mol. The second-order valence-corrected chi connectivity index (χ2v) is 7.57. The second-order valence-electron chi connectivity index (χ2n) is 7.57. The lowest BCUT2D eigenvalue weighted by molar-refractivity contribution is 0.159. The number of rotatable bonds is 6. The summed E-state index contributed by atoms with van der Waals surface area (Å²) in [4.78, 5) is 9.07. The molecule has 0 saturated carbocycles. The zero-order chi connectivity index (χ0) is 18.2. The van der Waals surface area contributed by atoms with Gasteiger partial charge in [-0.05, 0) is 48.9 Å². The fourth-order valence-corrected chi connectivity index (χ4v) is 3.56. The van der Waals surface area contributed by atoms with Crippen LogP contribution in [0.25, 0.3) is 0 Å². The maximum atomic E-state index is 13.0. The molecule has 1 aliphatic rings. The summed E-state index contributed by atoms with van der Waals surface area (Å²) in [7, 11) is 3.83. The van der Waals surface area contributed by atoms with Gasteiger partial charge in [-0.15, -0.1) is 24.0 Å². The Morgan fingerprint density at radius 2 is 2.04 bits per heavy atom. The van der Waals surface area contributed by atoms with Crippen molar-refractivity contribution in [3.63, 3.8) is 0 Å². The molecule has 1 fully saturated rings. The highest BCUT2D eigenvalue weighted by atomic mass is 127. The van der Waals surface area contributed by atoms with Crippen molar-refractivity contribution in [3.05, 3.63) is 35.6 Å². The number of likely N-dealkylation sites (tertiary alicyclic amines) is 1. The topological polar surface area (TPSA) is 30.9 Å². The molecule has 0 spiro atoms. The van der Waals surface area contributed by atoms with Crippen molar-refractivity contribution in [2.24, 2.45) is 16.8 Å². The maximum Gasteiger partial charge on any atom is 0.193 e. The Morgan fingerprint density at radius 1 is 1.35 bits per heavy atom. The predicted molar refractivity (Wildman–Crippen MR) is 119 cm³/mol. The van der Waals surface area contributed by atoms with Crippen molar-refractivity contribution >= 4 is 29.9 Å². The first-order valence-electron chi connectivity index (χ1n) is 9.36. The number of guanidine groups is 1. The molecule has 1 unspecified atom stereocenters. The average Bonchev–Trinajstić information content (AvgIpc) is 2.57. The predicted octanol–water partition coefficient (Wildman–Crippen LogP) is 3.82. The molecule has 4 nitrogen and oxygen atoms in total. The van der Waals surface area contributed by atoms with E-state index >= 15 is 0 Å². The SMILES string of the molecule is CN=C(NCC1CCCN(CC(C)C)C1)N(C)Cc1ccc(F)cc1.I. The zero-order valence-electron chi connectivity index (χ0n) is 16.5. The van der Waals surface area contributed by atoms with Gasteiger partial charge in [0.05, 0.1) is 0 Å². The van der Waals surface area contributed by atoms with Crippen LogP contribution in [0.3, 0.4) is 0 Å². The fraction of sp³-hybridized carbons (Fsp3) is 0.650. The molecule has 2 rings (SSSR count). The second kappa shape index (κ2) is 11.7. The Bertz CT molecular complexity index is 547. The van der Waals surface area contributed by atoms with Crippen molar-refractivity contribution in [3.8, 4) is 0 Å². The van der Waals surface area contributed by atoms with Gasteiger partial charge in [0.25, 0.3) is 0 Å². The number of benzene rings is 1. The van der Waals surface area contributed by atoms with Gasteiger partial charge >= 0.3 is 0 Å². The Labute approximate surface area is 175 Å². The van der Waals surface area contributed by atoms with E-state index in [4.69, 9.17) is 0 Å². The smallest absolute Gasteiger partial charge is 0.193 e. The van der Waals surface area contributed by atoms with Crippen LogP contribution < -0.4 is 5.32 Å². The Kier molecular flexibility index (Phi) is 10.5. The van der Waals surface area contributed by atoms with E-state index in [9.17, 15) is 4.39 Å². The molecule has 0 aliphatic carbocycles. The van der Waals surface area contributed by atoms with Gasteiger partial charge < -0.3 is 15.1 Å². The number of hydrogen-bond donors (Lipinski definition) is 1. The molecule has 1 heterocycles. The van der Waals surface area contributed by atoms with E-state index in [-0.39, 0.29) is 29.8 Å². The van der Waals surface area contributed by atoms with Crippen LogP contribution in [0.5, 0.6) is 0 Å². The van der Waals surface area contributed by atoms with E-state index in [0.717, 1.165) is 24.0 Å². The van der Waals surface area contributed by atoms with Crippen LogP contribution in [0, 0.1) is 17.7 Å². The van der Waals surface area contributed by atoms with Gasteiger partial charge in [-0.2, -0.15) is 0 Å². The first-order chi connectivity index (χ1) is 12.0. The van der Waals surface area contributed by atoms with Crippen molar-refractivity contribution < 1.29 is 4.39 Å². The molecule has 6 heteroatoms. The highest BCUT2D eigenvalue weighted by Crippen LogP contribution is 2.17. The van der Waals surface area contributed by atoms with E-state index in [1.54, 1.807) is 0 Å². The van der Waals surface area contributed by atoms with E-state index < -0.39 is 0 Å². The van der Waals surface area contributed by atoms with E-state index in [1.165, 1.54) is 44.6 Å². The quantitative estimate of drug-likeness (QED) is 0.385. The summed E-state index contributed by atoms with van der Waals surface area (Å²) in [5, 5.41) is 3.52. The van der Waals surface area contributed by atoms with Crippen molar-refractivity contribution in [1.82, 2.24) is 15.1 Å². The van der Waals surface area contributed by atoms with Crippen molar-refractivity contribution in [2.75, 3.05) is 40.3 Å². The van der Waals surface area contributed by atoms with Gasteiger partial charge in [0, 0.05) is 40.3 Å². The molecule has 1 N–H and O–H groups in total. The van der Waals surface area contributed by atoms with Gasteiger partial charge in [-0.3, -0.25) is 4.99 Å². The number of halogens is 2. The largest absolute Gasteiger partial charge is 0.356 e. The molecule has 0 radical (unpaired) electrons. The van der Waals surface area contributed by atoms with Gasteiger partial charge in [-0.25, -0.2) is 4.39 Å². The highest BCUT2D eigenvalue weighted by Gasteiger charge is 2.21. The summed E-state index contributed by atoms with van der Waals surface area (Å²) >= 11 is 0. The fourth-order valence-electron chi connectivity index (χ4n) is 3.56. The van der Waals surface area contributed by atoms with Crippen LogP contribution in [0.4, 0.5) is 4.39 Å². The van der Waals surface area contributed by atoms with Crippen molar-refractivity contribution in [1.29, 1.82) is 0 Å². The highest BCUT2D eigenvalue weighted by molar-refractivity contribution is 14.0. The van der Waals surface area contributed by atoms with E-state index in [1.807, 2.05) is 26.2 Å². The van der Waals surface area contributed by atoms with Crippen LogP contribution in [-0.2, 0) is 6.54 Å². The maximum absolute atomic E-state index is 13.0. The summed E-state index contributed by atoms with van der Waals surface area (Å²) < 4.78 is 13.0. The minimum atomic E-state index is -0.197. The average molecular weight is 476 g/mol. The number of aliphatic imine (C=N–C) groups is 1. The summed E-state index contributed by atoms with van der Waals surface area (Å²) in [5.74, 6) is 2.09. The van der Waals surface area contributed by atoms with Gasteiger partial charge in [0.1, 0.15) is 5.82 Å². The molecule has 1 aromatic carbocycles. The lowest BCUT2D eigenvalue weighted by Crippen LogP contribution is -2.45. The molecule has 0 aromatic heterocycles. The third-order valence-electron chi connectivity index (χ3n) is 4.68. The molecule has 0 amide bonds. The first-order valence-corrected chi connectivity index (χ1v) is 9.36. The molecule has 1 saturated heterocycles. The Hall–Kier alpha value is -0.890. The number of piperidine rings is 1. The van der Waals surface area contributed by atoms with Gasteiger partial charge in [0.2, 0.25) is 0 Å². The third kappa shape index (κ3) is 7.78. The molecular formula is C20H34FIN4. The van der Waals surface area contributed by atoms with E-state index in [0.29, 0.717) is 12.5 Å². The Balaban J connectivity index is 0.00000338. The summed E-state index contributed by atoms with van der Waals surface area (Å²) in [6, 6.07) is 6.66. The first kappa shape index (κ1) is 23.1. The Morgan fingerprint density at radius 3 is 2.65 bits per heavy atom. The number of nitrogens with zero attached hydrogens (tertiary/aromatic N) is 3. The molecule has 148 valence electrons. The minimum absolute atomic E-state index is 0. The van der Waals surface area contributed by atoms with Crippen LogP contribution in [0.15, 0.2) is 29.3 Å². The van der Waals surface area contributed by atoms with Crippen LogP contribution in [-0.4, -0.2) is 56.0 Å². The molecule has 1 aromatic rings. The van der Waals surface area contributed by atoms with Crippen molar-refractivity contribution in [2.45, 2.75) is 33.2 Å². The molecule has 26 heavy (non-hydrogen) atoms. The summed E-state index contributed by atoms with van der Waals surface area (Å²) in [6.07, 6.45) is 2.56. The normalized spacial score (nSPS) is 18.5. The number of hydrogen-bond acceptors (Lipinski definition) is 2. The van der Waals surface area contributed by atoms with Crippen LogP contribution >= 0.6 is 24.0 Å². The third-order valence-corrected chi connectivity index (χ3v) is 4.68. The van der Waals surface area contributed by atoms with Crippen LogP contribution in [0.1, 0.15) is 32.3 Å². The monoisotopic (exact) mass is 476 g/mol. The van der Waals surface area contributed by atoms with Crippen LogP contribution in [0.2, 0.25) is 0 Å². The molecule has 1 atom stereocenters. The van der Waals surface area contributed by atoms with Gasteiger partial charge in [-0.1, -0.05) is 26.0 Å². The zero-order valence-corrected chi connectivity index (χ0v) is 18.9. The van der Waals surface area contributed by atoms with Gasteiger partial charge in [0.15, 0.2) is 5.96 Å². The number of nitrogens with one attached hydrogen (secondary N) is 1. The standard InChI is InChI=1S/C20H33FN4.HI/c1-16(2)13-25-11-5-6-18(15-25)12-23-20(22-3)24(4)14-17-7-9-19(21)10-8-17;/h7-10,16,18H,5-6,11-15H2,1-4H3,(H,22,23);1H. The summed E-state index contributed by atoms with van der Waals surface area (Å²) in [5.41, 5.74) is 1.08.